The first kappa shape index (κ1) is 11.4. The Hall–Kier alpha value is -0.673. The van der Waals surface area contributed by atoms with Crippen molar-refractivity contribution >= 4 is 8.32 Å². The molecule has 1 nitrogen and oxygen atoms in total. The molecule has 0 saturated carbocycles. The van der Waals surface area contributed by atoms with Crippen LogP contribution in [0.15, 0.2) is 24.3 Å². The van der Waals surface area contributed by atoms with Crippen molar-refractivity contribution in [2.24, 2.45) is 0 Å². The van der Waals surface area contributed by atoms with E-state index in [1.54, 1.807) is 12.1 Å². The van der Waals surface area contributed by atoms with Crippen LogP contribution < -0.4 is 0 Å². The Morgan fingerprint density at radius 1 is 1.14 bits per heavy atom. The highest BCUT2D eigenvalue weighted by Crippen LogP contribution is 2.21. The first-order valence-corrected chi connectivity index (χ1v) is 8.22. The van der Waals surface area contributed by atoms with Crippen LogP contribution in [0.3, 0.4) is 0 Å². The van der Waals surface area contributed by atoms with Gasteiger partial charge in [-0.25, -0.2) is 4.39 Å². The highest BCUT2D eigenvalue weighted by molar-refractivity contribution is 6.69. The van der Waals surface area contributed by atoms with Gasteiger partial charge in [0.25, 0.3) is 0 Å². The molecule has 78 valence electrons. The maximum Gasteiger partial charge on any atom is 0.184 e. The van der Waals surface area contributed by atoms with Crippen molar-refractivity contribution in [1.29, 1.82) is 0 Å². The van der Waals surface area contributed by atoms with Gasteiger partial charge in [-0.05, 0) is 44.3 Å². The third-order valence-electron chi connectivity index (χ3n) is 1.87. The lowest BCUT2D eigenvalue weighted by atomic mass is 10.1. The van der Waals surface area contributed by atoms with E-state index in [9.17, 15) is 4.39 Å². The number of rotatable bonds is 3. The number of hydrogen-bond acceptors (Lipinski definition) is 1. The van der Waals surface area contributed by atoms with E-state index in [-0.39, 0.29) is 11.9 Å². The average molecular weight is 212 g/mol. The molecule has 1 unspecified atom stereocenters. The zero-order chi connectivity index (χ0) is 10.8. The molecule has 0 heterocycles. The van der Waals surface area contributed by atoms with Crippen LogP contribution in [0.2, 0.25) is 19.6 Å². The summed E-state index contributed by atoms with van der Waals surface area (Å²) in [5, 5.41) is 0. The summed E-state index contributed by atoms with van der Waals surface area (Å²) in [7, 11) is -1.51. The van der Waals surface area contributed by atoms with Gasteiger partial charge in [0.2, 0.25) is 0 Å². The molecule has 0 fully saturated rings. The zero-order valence-electron chi connectivity index (χ0n) is 9.17. The quantitative estimate of drug-likeness (QED) is 0.694. The predicted octanol–water partition coefficient (Wildman–Crippen LogP) is 3.74. The largest absolute Gasteiger partial charge is 0.411 e. The second-order valence-corrected chi connectivity index (χ2v) is 8.88. The second-order valence-electron chi connectivity index (χ2n) is 4.42. The molecule has 0 radical (unpaired) electrons. The molecule has 0 amide bonds. The van der Waals surface area contributed by atoms with Gasteiger partial charge in [-0.2, -0.15) is 0 Å². The Kier molecular flexibility index (Phi) is 3.45. The van der Waals surface area contributed by atoms with Gasteiger partial charge in [-0.1, -0.05) is 12.1 Å². The molecule has 0 aromatic heterocycles. The molecule has 0 saturated heterocycles. The third-order valence-corrected chi connectivity index (χ3v) is 2.93. The standard InChI is InChI=1S/C11H17FOSi/c1-9(13-14(2,3)4)10-5-7-11(12)8-6-10/h5-9H,1-4H3. The number of hydrogen-bond donors (Lipinski definition) is 0. The Bertz CT molecular complexity index is 289. The summed E-state index contributed by atoms with van der Waals surface area (Å²) in [6.45, 7) is 8.44. The topological polar surface area (TPSA) is 9.23 Å². The zero-order valence-corrected chi connectivity index (χ0v) is 10.2. The van der Waals surface area contributed by atoms with Crippen LogP contribution in [0.1, 0.15) is 18.6 Å². The highest BCUT2D eigenvalue weighted by atomic mass is 28.4. The summed E-state index contributed by atoms with van der Waals surface area (Å²) in [4.78, 5) is 0. The molecule has 1 aromatic carbocycles. The fourth-order valence-electron chi connectivity index (χ4n) is 1.33. The molecular weight excluding hydrogens is 195 g/mol. The van der Waals surface area contributed by atoms with Crippen molar-refractivity contribution in [3.63, 3.8) is 0 Å². The predicted molar refractivity (Wildman–Crippen MR) is 59.2 cm³/mol. The van der Waals surface area contributed by atoms with Crippen molar-refractivity contribution in [3.05, 3.63) is 35.6 Å². The lowest BCUT2D eigenvalue weighted by molar-refractivity contribution is 0.219. The molecule has 1 rings (SSSR count). The lowest BCUT2D eigenvalue weighted by Gasteiger charge is -2.23. The monoisotopic (exact) mass is 212 g/mol. The minimum absolute atomic E-state index is 0.0577. The van der Waals surface area contributed by atoms with E-state index in [0.717, 1.165) is 5.56 Å². The van der Waals surface area contributed by atoms with Crippen LogP contribution in [0.5, 0.6) is 0 Å². The molecule has 0 aliphatic heterocycles. The van der Waals surface area contributed by atoms with Crippen molar-refractivity contribution in [3.8, 4) is 0 Å². The molecule has 0 bridgehead atoms. The van der Waals surface area contributed by atoms with E-state index in [0.29, 0.717) is 0 Å². The SMILES string of the molecule is CC(O[Si](C)(C)C)c1ccc(F)cc1. The van der Waals surface area contributed by atoms with E-state index in [2.05, 4.69) is 19.6 Å². The van der Waals surface area contributed by atoms with Crippen LogP contribution in [-0.4, -0.2) is 8.32 Å². The van der Waals surface area contributed by atoms with Crippen LogP contribution >= 0.6 is 0 Å². The van der Waals surface area contributed by atoms with E-state index in [4.69, 9.17) is 4.43 Å². The Balaban J connectivity index is 2.70. The van der Waals surface area contributed by atoms with Crippen molar-refractivity contribution in [2.45, 2.75) is 32.7 Å². The van der Waals surface area contributed by atoms with Crippen LogP contribution in [0.4, 0.5) is 4.39 Å². The first-order valence-electron chi connectivity index (χ1n) is 4.82. The fourth-order valence-corrected chi connectivity index (χ4v) is 2.53. The summed E-state index contributed by atoms with van der Waals surface area (Å²) in [6.07, 6.45) is 0.0577. The normalized spacial score (nSPS) is 14.1. The Morgan fingerprint density at radius 3 is 2.07 bits per heavy atom. The minimum atomic E-state index is -1.51. The summed E-state index contributed by atoms with van der Waals surface area (Å²) < 4.78 is 18.5. The van der Waals surface area contributed by atoms with Crippen molar-refractivity contribution in [1.82, 2.24) is 0 Å². The van der Waals surface area contributed by atoms with Crippen molar-refractivity contribution in [2.75, 3.05) is 0 Å². The maximum atomic E-state index is 12.7. The van der Waals surface area contributed by atoms with Gasteiger partial charge in [0.15, 0.2) is 8.32 Å². The number of halogens is 1. The Labute approximate surface area is 86.0 Å². The van der Waals surface area contributed by atoms with Crippen molar-refractivity contribution < 1.29 is 8.82 Å². The Morgan fingerprint density at radius 2 is 1.64 bits per heavy atom. The highest BCUT2D eigenvalue weighted by Gasteiger charge is 2.18. The van der Waals surface area contributed by atoms with Crippen LogP contribution in [0.25, 0.3) is 0 Å². The summed E-state index contributed by atoms with van der Waals surface area (Å²) in [5.74, 6) is -0.200. The van der Waals surface area contributed by atoms with E-state index < -0.39 is 8.32 Å². The lowest BCUT2D eigenvalue weighted by Crippen LogP contribution is -2.26. The summed E-state index contributed by atoms with van der Waals surface area (Å²) >= 11 is 0. The van der Waals surface area contributed by atoms with Gasteiger partial charge in [0.05, 0.1) is 6.10 Å². The molecule has 3 heteroatoms. The second kappa shape index (κ2) is 4.23. The van der Waals surface area contributed by atoms with Gasteiger partial charge >= 0.3 is 0 Å². The molecule has 1 aromatic rings. The van der Waals surface area contributed by atoms with Gasteiger partial charge in [-0.3, -0.25) is 0 Å². The summed E-state index contributed by atoms with van der Waals surface area (Å²) in [5.41, 5.74) is 1.04. The molecule has 0 spiro atoms. The molecule has 14 heavy (non-hydrogen) atoms. The summed E-state index contributed by atoms with van der Waals surface area (Å²) in [6, 6.07) is 6.50. The molecule has 0 aliphatic carbocycles. The smallest absolute Gasteiger partial charge is 0.184 e. The fraction of sp³-hybridized carbons (Fsp3) is 0.455. The van der Waals surface area contributed by atoms with Gasteiger partial charge in [-0.15, -0.1) is 0 Å². The maximum absolute atomic E-state index is 12.7. The number of benzene rings is 1. The molecular formula is C11H17FOSi. The van der Waals surface area contributed by atoms with Gasteiger partial charge in [0.1, 0.15) is 5.82 Å². The third kappa shape index (κ3) is 3.60. The molecule has 1 atom stereocenters. The molecule has 0 N–H and O–H groups in total. The first-order chi connectivity index (χ1) is 6.38. The average Bonchev–Trinajstić information content (AvgIpc) is 2.02. The molecule has 0 aliphatic rings. The van der Waals surface area contributed by atoms with Crippen LogP contribution in [-0.2, 0) is 4.43 Å². The van der Waals surface area contributed by atoms with E-state index >= 15 is 0 Å². The minimum Gasteiger partial charge on any atom is -0.411 e. The van der Waals surface area contributed by atoms with Gasteiger partial charge < -0.3 is 4.43 Å². The van der Waals surface area contributed by atoms with Crippen LogP contribution in [0, 0.1) is 5.82 Å². The van der Waals surface area contributed by atoms with E-state index in [1.807, 2.05) is 6.92 Å². The van der Waals surface area contributed by atoms with E-state index in [1.165, 1.54) is 12.1 Å². The van der Waals surface area contributed by atoms with Gasteiger partial charge in [0, 0.05) is 0 Å².